The topological polar surface area (TPSA) is 102 Å². The summed E-state index contributed by atoms with van der Waals surface area (Å²) in [7, 11) is 1.61. The van der Waals surface area contributed by atoms with Crippen LogP contribution in [0.3, 0.4) is 0 Å². The molecule has 2 amide bonds. The van der Waals surface area contributed by atoms with Crippen molar-refractivity contribution in [2.24, 2.45) is 0 Å². The first-order valence-corrected chi connectivity index (χ1v) is 10.7. The summed E-state index contributed by atoms with van der Waals surface area (Å²) in [5, 5.41) is 7.91. The number of nitrogens with zero attached hydrogens (tertiary/aromatic N) is 5. The minimum absolute atomic E-state index is 0.0370. The Morgan fingerprint density at radius 2 is 2.20 bits per heavy atom. The van der Waals surface area contributed by atoms with Crippen LogP contribution in [-0.2, 0) is 16.1 Å². The lowest BCUT2D eigenvalue weighted by molar-refractivity contribution is -0.139. The molecular weight excluding hydrogens is 404 g/mol. The molecule has 1 N–H and O–H groups in total. The summed E-state index contributed by atoms with van der Waals surface area (Å²) in [6.45, 7) is 5.55. The average molecular weight is 429 g/mol. The molecule has 4 heterocycles. The molecule has 0 spiro atoms. The fourth-order valence-corrected chi connectivity index (χ4v) is 4.88. The Morgan fingerprint density at radius 3 is 2.93 bits per heavy atom. The Hall–Kier alpha value is -2.85. The summed E-state index contributed by atoms with van der Waals surface area (Å²) in [5.74, 6) is 1.37. The number of carbonyl (C=O) groups excluding carboxylic acids is 2. The maximum atomic E-state index is 12.9. The number of fused-ring (bicyclic) bond motifs is 1. The molecule has 0 aromatic carbocycles. The van der Waals surface area contributed by atoms with E-state index in [1.54, 1.807) is 22.8 Å². The van der Waals surface area contributed by atoms with E-state index in [0.717, 1.165) is 21.6 Å². The average Bonchev–Trinajstić information content (AvgIpc) is 3.30. The van der Waals surface area contributed by atoms with E-state index in [9.17, 15) is 9.59 Å². The van der Waals surface area contributed by atoms with Gasteiger partial charge in [-0.25, -0.2) is 14.6 Å². The number of pyridine rings is 1. The number of aromatic nitrogens is 4. The van der Waals surface area contributed by atoms with Crippen molar-refractivity contribution in [2.75, 3.05) is 26.7 Å². The van der Waals surface area contributed by atoms with Gasteiger partial charge >= 0.3 is 0 Å². The Bertz CT molecular complexity index is 1090. The van der Waals surface area contributed by atoms with Crippen LogP contribution in [0.2, 0.25) is 0 Å². The van der Waals surface area contributed by atoms with Gasteiger partial charge in [-0.3, -0.25) is 9.59 Å². The fraction of sp³-hybridized carbons (Fsp3) is 0.450. The summed E-state index contributed by atoms with van der Waals surface area (Å²) in [6.07, 6.45) is 1.68. The van der Waals surface area contributed by atoms with Gasteiger partial charge in [-0.15, -0.1) is 11.3 Å². The molecule has 1 aliphatic heterocycles. The fourth-order valence-electron chi connectivity index (χ4n) is 3.74. The molecule has 0 saturated carbocycles. The van der Waals surface area contributed by atoms with Crippen molar-refractivity contribution in [1.29, 1.82) is 0 Å². The van der Waals surface area contributed by atoms with Crippen LogP contribution < -0.4 is 5.32 Å². The van der Waals surface area contributed by atoms with E-state index < -0.39 is 0 Å². The molecule has 1 atom stereocenters. The van der Waals surface area contributed by atoms with Gasteiger partial charge in [0.05, 0.1) is 19.7 Å². The molecule has 30 heavy (non-hydrogen) atoms. The van der Waals surface area contributed by atoms with Gasteiger partial charge in [0, 0.05) is 37.2 Å². The van der Waals surface area contributed by atoms with E-state index in [2.05, 4.69) is 20.4 Å². The van der Waals surface area contributed by atoms with Crippen molar-refractivity contribution >= 4 is 33.4 Å². The first kappa shape index (κ1) is 20.4. The summed E-state index contributed by atoms with van der Waals surface area (Å²) >= 11 is 1.35. The first-order valence-electron chi connectivity index (χ1n) is 9.85. The molecule has 0 aliphatic carbocycles. The van der Waals surface area contributed by atoms with Crippen LogP contribution in [0.15, 0.2) is 18.3 Å². The molecular formula is C20H24N6O3S. The van der Waals surface area contributed by atoms with Gasteiger partial charge in [0.15, 0.2) is 0 Å². The number of carbonyl (C=O) groups is 2. The number of rotatable bonds is 5. The number of amides is 2. The molecule has 0 radical (unpaired) electrons. The van der Waals surface area contributed by atoms with Gasteiger partial charge in [-0.2, -0.15) is 5.10 Å². The second-order valence-electron chi connectivity index (χ2n) is 7.16. The van der Waals surface area contributed by atoms with Crippen molar-refractivity contribution in [3.05, 3.63) is 40.4 Å². The highest BCUT2D eigenvalue weighted by atomic mass is 32.1. The number of hydrogen-bond donors (Lipinski definition) is 1. The van der Waals surface area contributed by atoms with E-state index in [0.29, 0.717) is 43.4 Å². The summed E-state index contributed by atoms with van der Waals surface area (Å²) < 4.78 is 7.77. The van der Waals surface area contributed by atoms with Crippen molar-refractivity contribution in [3.8, 4) is 0 Å². The lowest BCUT2D eigenvalue weighted by Gasteiger charge is -2.33. The maximum absolute atomic E-state index is 12.9. The van der Waals surface area contributed by atoms with Gasteiger partial charge in [0.2, 0.25) is 5.91 Å². The lowest BCUT2D eigenvalue weighted by atomic mass is 10.0. The third kappa shape index (κ3) is 3.92. The van der Waals surface area contributed by atoms with Crippen LogP contribution in [0.25, 0.3) is 10.2 Å². The number of thiophene rings is 1. The highest BCUT2D eigenvalue weighted by Crippen LogP contribution is 2.37. The maximum Gasteiger partial charge on any atom is 0.261 e. The molecule has 9 nitrogen and oxygen atoms in total. The van der Waals surface area contributed by atoms with Gasteiger partial charge in [-0.1, -0.05) is 6.07 Å². The minimum Gasteiger partial charge on any atom is -0.370 e. The number of hydrogen-bond acceptors (Lipinski definition) is 7. The minimum atomic E-state index is -0.372. The molecule has 158 valence electrons. The van der Waals surface area contributed by atoms with E-state index in [1.807, 2.05) is 26.0 Å². The molecule has 0 bridgehead atoms. The van der Waals surface area contributed by atoms with Crippen LogP contribution >= 0.6 is 11.3 Å². The Morgan fingerprint density at radius 1 is 1.37 bits per heavy atom. The molecule has 3 aromatic rings. The Balaban J connectivity index is 1.53. The van der Waals surface area contributed by atoms with Crippen molar-refractivity contribution in [3.63, 3.8) is 0 Å². The molecule has 0 unspecified atom stereocenters. The summed E-state index contributed by atoms with van der Waals surface area (Å²) in [6, 6.07) is 3.79. The quantitative estimate of drug-likeness (QED) is 0.665. The second kappa shape index (κ2) is 8.49. The Kier molecular flexibility index (Phi) is 5.78. The monoisotopic (exact) mass is 428 g/mol. The summed E-state index contributed by atoms with van der Waals surface area (Å²) in [4.78, 5) is 37.2. The van der Waals surface area contributed by atoms with Gasteiger partial charge < -0.3 is 15.0 Å². The SMILES string of the molecule is CNC(=O)c1sc2ncccc2c1[C@H]1CN(C(=O)CCn2nc(C)nc2C)CCO1. The van der Waals surface area contributed by atoms with Crippen molar-refractivity contribution in [1.82, 2.24) is 30.0 Å². The van der Waals surface area contributed by atoms with E-state index in [1.165, 1.54) is 11.3 Å². The molecule has 4 rings (SSSR count). The second-order valence-corrected chi connectivity index (χ2v) is 8.16. The highest BCUT2D eigenvalue weighted by Gasteiger charge is 2.31. The zero-order chi connectivity index (χ0) is 21.3. The molecule has 1 saturated heterocycles. The molecule has 1 fully saturated rings. The van der Waals surface area contributed by atoms with Gasteiger partial charge in [0.1, 0.15) is 27.5 Å². The lowest BCUT2D eigenvalue weighted by Crippen LogP contribution is -2.42. The Labute approximate surface area is 178 Å². The van der Waals surface area contributed by atoms with Crippen LogP contribution in [-0.4, -0.2) is 63.2 Å². The predicted molar refractivity (Wildman–Crippen MR) is 112 cm³/mol. The zero-order valence-corrected chi connectivity index (χ0v) is 18.0. The van der Waals surface area contributed by atoms with Gasteiger partial charge in [0.25, 0.3) is 5.91 Å². The summed E-state index contributed by atoms with van der Waals surface area (Å²) in [5.41, 5.74) is 0.808. The van der Waals surface area contributed by atoms with Crippen LogP contribution in [0, 0.1) is 13.8 Å². The normalized spacial score (nSPS) is 16.8. The van der Waals surface area contributed by atoms with E-state index >= 15 is 0 Å². The van der Waals surface area contributed by atoms with Crippen LogP contribution in [0.5, 0.6) is 0 Å². The number of nitrogens with one attached hydrogen (secondary N) is 1. The van der Waals surface area contributed by atoms with Crippen LogP contribution in [0.4, 0.5) is 0 Å². The number of ether oxygens (including phenoxy) is 1. The smallest absolute Gasteiger partial charge is 0.261 e. The van der Waals surface area contributed by atoms with Crippen molar-refractivity contribution in [2.45, 2.75) is 32.9 Å². The third-order valence-corrected chi connectivity index (χ3v) is 6.31. The molecule has 1 aliphatic rings. The largest absolute Gasteiger partial charge is 0.370 e. The third-order valence-electron chi connectivity index (χ3n) is 5.18. The van der Waals surface area contributed by atoms with E-state index in [-0.39, 0.29) is 17.9 Å². The molecule has 3 aromatic heterocycles. The number of morpholine rings is 1. The highest BCUT2D eigenvalue weighted by molar-refractivity contribution is 7.20. The predicted octanol–water partition coefficient (Wildman–Crippen LogP) is 1.85. The van der Waals surface area contributed by atoms with Gasteiger partial charge in [-0.05, 0) is 19.9 Å². The zero-order valence-electron chi connectivity index (χ0n) is 17.2. The van der Waals surface area contributed by atoms with Crippen molar-refractivity contribution < 1.29 is 14.3 Å². The first-order chi connectivity index (χ1) is 14.5. The van der Waals surface area contributed by atoms with Crippen LogP contribution in [0.1, 0.15) is 39.4 Å². The molecule has 10 heteroatoms. The standard InChI is InChI=1S/C20H24N6O3S/c1-12-23-13(2)26(24-12)8-6-16(27)25-9-10-29-15(11-25)17-14-5-4-7-22-20(14)30-18(17)19(28)21-3/h4-5,7,15H,6,8-11H2,1-3H3,(H,21,28)/t15-/m1/s1. The van der Waals surface area contributed by atoms with E-state index in [4.69, 9.17) is 4.74 Å². The number of aryl methyl sites for hydroxylation is 3.